The van der Waals surface area contributed by atoms with Crippen molar-refractivity contribution < 1.29 is 17.9 Å². The van der Waals surface area contributed by atoms with Gasteiger partial charge in [0, 0.05) is 19.3 Å². The fourth-order valence-corrected chi connectivity index (χ4v) is 3.01. The lowest BCUT2D eigenvalue weighted by atomic mass is 10.2. The average molecular weight is 300 g/mol. The molecule has 0 aliphatic carbocycles. The molecule has 1 unspecified atom stereocenters. The molecule has 0 saturated carbocycles. The SMILES string of the molecule is COC(=O)C(C)CN(C)S(=O)(=O)c1ccc(C)c(N)c1. The highest BCUT2D eigenvalue weighted by Gasteiger charge is 2.25. The van der Waals surface area contributed by atoms with Crippen LogP contribution in [-0.4, -0.2) is 39.4 Å². The first-order chi connectivity index (χ1) is 9.20. The summed E-state index contributed by atoms with van der Waals surface area (Å²) in [6, 6.07) is 4.57. The van der Waals surface area contributed by atoms with Crippen LogP contribution in [0, 0.1) is 12.8 Å². The van der Waals surface area contributed by atoms with Crippen LogP contribution in [0.5, 0.6) is 0 Å². The summed E-state index contributed by atoms with van der Waals surface area (Å²) >= 11 is 0. The first-order valence-electron chi connectivity index (χ1n) is 6.10. The molecule has 0 saturated heterocycles. The van der Waals surface area contributed by atoms with E-state index in [0.717, 1.165) is 9.87 Å². The molecule has 0 spiro atoms. The molecule has 2 N–H and O–H groups in total. The van der Waals surface area contributed by atoms with Gasteiger partial charge in [-0.2, -0.15) is 0 Å². The molecule has 0 radical (unpaired) electrons. The third-order valence-electron chi connectivity index (χ3n) is 3.09. The molecule has 0 fully saturated rings. The summed E-state index contributed by atoms with van der Waals surface area (Å²) in [5.74, 6) is -0.988. The van der Waals surface area contributed by atoms with E-state index in [4.69, 9.17) is 5.73 Å². The van der Waals surface area contributed by atoms with Gasteiger partial charge in [-0.25, -0.2) is 12.7 Å². The Kier molecular flexibility index (Phi) is 5.13. The second-order valence-corrected chi connectivity index (χ2v) is 6.77. The quantitative estimate of drug-likeness (QED) is 0.647. The summed E-state index contributed by atoms with van der Waals surface area (Å²) in [6.45, 7) is 3.46. The van der Waals surface area contributed by atoms with Gasteiger partial charge in [0.15, 0.2) is 0 Å². The van der Waals surface area contributed by atoms with Crippen LogP contribution < -0.4 is 5.73 Å². The molecule has 0 aliphatic rings. The Hall–Kier alpha value is -1.60. The predicted octanol–water partition coefficient (Wildman–Crippen LogP) is 1.01. The number of nitrogen functional groups attached to an aromatic ring is 1. The number of anilines is 1. The molecule has 1 rings (SSSR count). The van der Waals surface area contributed by atoms with E-state index in [-0.39, 0.29) is 11.4 Å². The Morgan fingerprint density at radius 2 is 2.05 bits per heavy atom. The molecule has 1 atom stereocenters. The minimum Gasteiger partial charge on any atom is -0.469 e. The number of nitrogens with zero attached hydrogens (tertiary/aromatic N) is 1. The number of carbonyl (C=O) groups is 1. The Bertz CT molecular complexity index is 598. The monoisotopic (exact) mass is 300 g/mol. The zero-order valence-electron chi connectivity index (χ0n) is 12.1. The number of sulfonamides is 1. The second-order valence-electron chi connectivity index (χ2n) is 4.73. The predicted molar refractivity (Wildman–Crippen MR) is 76.6 cm³/mol. The molecule has 20 heavy (non-hydrogen) atoms. The van der Waals surface area contributed by atoms with Crippen LogP contribution in [0.25, 0.3) is 0 Å². The highest BCUT2D eigenvalue weighted by atomic mass is 32.2. The average Bonchev–Trinajstić information content (AvgIpc) is 2.40. The lowest BCUT2D eigenvalue weighted by Gasteiger charge is -2.20. The maximum atomic E-state index is 12.4. The maximum absolute atomic E-state index is 12.4. The topological polar surface area (TPSA) is 89.7 Å². The number of benzene rings is 1. The second kappa shape index (κ2) is 6.23. The number of hydrogen-bond acceptors (Lipinski definition) is 5. The van der Waals surface area contributed by atoms with Crippen molar-refractivity contribution in [2.45, 2.75) is 18.7 Å². The minimum atomic E-state index is -3.67. The Balaban J connectivity index is 2.98. The van der Waals surface area contributed by atoms with E-state index in [2.05, 4.69) is 4.74 Å². The summed E-state index contributed by atoms with van der Waals surface area (Å²) in [5, 5.41) is 0. The number of aryl methyl sites for hydroxylation is 1. The van der Waals surface area contributed by atoms with Gasteiger partial charge in [-0.15, -0.1) is 0 Å². The third-order valence-corrected chi connectivity index (χ3v) is 4.91. The molecular formula is C13H20N2O4S. The van der Waals surface area contributed by atoms with Crippen molar-refractivity contribution in [1.29, 1.82) is 0 Å². The number of hydrogen-bond donors (Lipinski definition) is 1. The number of ether oxygens (including phenoxy) is 1. The lowest BCUT2D eigenvalue weighted by Crippen LogP contribution is -2.34. The largest absolute Gasteiger partial charge is 0.469 e. The van der Waals surface area contributed by atoms with Crippen LogP contribution in [0.2, 0.25) is 0 Å². The number of methoxy groups -OCH3 is 1. The van der Waals surface area contributed by atoms with Crippen LogP contribution in [-0.2, 0) is 19.6 Å². The molecule has 1 aromatic carbocycles. The van der Waals surface area contributed by atoms with E-state index in [1.807, 2.05) is 0 Å². The van der Waals surface area contributed by atoms with E-state index in [1.165, 1.54) is 26.3 Å². The molecule has 112 valence electrons. The molecular weight excluding hydrogens is 280 g/mol. The molecule has 0 aromatic heterocycles. The van der Waals surface area contributed by atoms with Gasteiger partial charge < -0.3 is 10.5 Å². The maximum Gasteiger partial charge on any atom is 0.309 e. The number of nitrogens with two attached hydrogens (primary N) is 1. The number of carbonyl (C=O) groups excluding carboxylic acids is 1. The molecule has 0 amide bonds. The summed E-state index contributed by atoms with van der Waals surface area (Å²) < 4.78 is 30.4. The zero-order valence-corrected chi connectivity index (χ0v) is 12.9. The van der Waals surface area contributed by atoms with Crippen LogP contribution in [0.4, 0.5) is 5.69 Å². The van der Waals surface area contributed by atoms with Crippen LogP contribution in [0.1, 0.15) is 12.5 Å². The summed E-state index contributed by atoms with van der Waals surface area (Å²) in [5.41, 5.74) is 6.96. The molecule has 7 heteroatoms. The van der Waals surface area contributed by atoms with Gasteiger partial charge in [-0.05, 0) is 24.6 Å². The van der Waals surface area contributed by atoms with Gasteiger partial charge in [0.2, 0.25) is 10.0 Å². The van der Waals surface area contributed by atoms with Crippen molar-refractivity contribution >= 4 is 21.7 Å². The van der Waals surface area contributed by atoms with Crippen LogP contribution >= 0.6 is 0 Å². The molecule has 0 aliphatic heterocycles. The number of esters is 1. The van der Waals surface area contributed by atoms with E-state index in [0.29, 0.717) is 5.69 Å². The van der Waals surface area contributed by atoms with E-state index >= 15 is 0 Å². The normalized spacial score (nSPS) is 13.2. The lowest BCUT2D eigenvalue weighted by molar-refractivity contribution is -0.144. The molecule has 0 bridgehead atoms. The highest BCUT2D eigenvalue weighted by molar-refractivity contribution is 7.89. The molecule has 6 nitrogen and oxygen atoms in total. The standard InChI is InChI=1S/C13H20N2O4S/c1-9-5-6-11(7-12(9)14)20(17,18)15(3)8-10(2)13(16)19-4/h5-7,10H,8,14H2,1-4H3. The van der Waals surface area contributed by atoms with Crippen molar-refractivity contribution in [3.8, 4) is 0 Å². The fourth-order valence-electron chi connectivity index (χ4n) is 1.72. The smallest absolute Gasteiger partial charge is 0.309 e. The van der Waals surface area contributed by atoms with Gasteiger partial charge >= 0.3 is 5.97 Å². The molecule has 0 heterocycles. The highest BCUT2D eigenvalue weighted by Crippen LogP contribution is 2.20. The Morgan fingerprint density at radius 1 is 1.45 bits per heavy atom. The first kappa shape index (κ1) is 16.5. The molecule has 1 aromatic rings. The van der Waals surface area contributed by atoms with Crippen LogP contribution in [0.15, 0.2) is 23.1 Å². The van der Waals surface area contributed by atoms with Crippen LogP contribution in [0.3, 0.4) is 0 Å². The Labute approximate surface area is 119 Å². The first-order valence-corrected chi connectivity index (χ1v) is 7.54. The zero-order chi connectivity index (χ0) is 15.5. The summed E-state index contributed by atoms with van der Waals surface area (Å²) in [7, 11) is -0.976. The fraction of sp³-hybridized carbons (Fsp3) is 0.462. The van der Waals surface area contributed by atoms with Crippen molar-refractivity contribution in [2.24, 2.45) is 5.92 Å². The van der Waals surface area contributed by atoms with E-state index in [1.54, 1.807) is 19.9 Å². The van der Waals surface area contributed by atoms with Crippen molar-refractivity contribution in [1.82, 2.24) is 4.31 Å². The van der Waals surface area contributed by atoms with Gasteiger partial charge in [0.05, 0.1) is 17.9 Å². The van der Waals surface area contributed by atoms with Gasteiger partial charge in [-0.1, -0.05) is 13.0 Å². The van der Waals surface area contributed by atoms with Gasteiger partial charge in [0.1, 0.15) is 0 Å². The van der Waals surface area contributed by atoms with Crippen molar-refractivity contribution in [3.63, 3.8) is 0 Å². The van der Waals surface area contributed by atoms with E-state index < -0.39 is 21.9 Å². The van der Waals surface area contributed by atoms with Gasteiger partial charge in [-0.3, -0.25) is 4.79 Å². The minimum absolute atomic E-state index is 0.0444. The van der Waals surface area contributed by atoms with Gasteiger partial charge in [0.25, 0.3) is 0 Å². The number of rotatable bonds is 5. The van der Waals surface area contributed by atoms with Crippen molar-refractivity contribution in [3.05, 3.63) is 23.8 Å². The third kappa shape index (κ3) is 3.49. The Morgan fingerprint density at radius 3 is 2.55 bits per heavy atom. The van der Waals surface area contributed by atoms with E-state index in [9.17, 15) is 13.2 Å². The summed E-state index contributed by atoms with van der Waals surface area (Å²) in [6.07, 6.45) is 0. The van der Waals surface area contributed by atoms with Crippen molar-refractivity contribution in [2.75, 3.05) is 26.4 Å². The summed E-state index contributed by atoms with van der Waals surface area (Å²) in [4.78, 5) is 11.5.